The van der Waals surface area contributed by atoms with Crippen molar-refractivity contribution in [3.8, 4) is 5.75 Å². The average molecular weight is 430 g/mol. The normalized spacial score (nSPS) is 17.6. The van der Waals surface area contributed by atoms with E-state index in [4.69, 9.17) is 16.3 Å². The van der Waals surface area contributed by atoms with Gasteiger partial charge < -0.3 is 19.8 Å². The van der Waals surface area contributed by atoms with Gasteiger partial charge in [-0.2, -0.15) is 0 Å². The van der Waals surface area contributed by atoms with Crippen LogP contribution in [0, 0.1) is 11.7 Å². The lowest BCUT2D eigenvalue weighted by Gasteiger charge is -2.35. The van der Waals surface area contributed by atoms with Crippen LogP contribution >= 0.6 is 24.0 Å². The fourth-order valence-corrected chi connectivity index (χ4v) is 3.67. The number of rotatable bonds is 7. The smallest absolute Gasteiger partial charge is 0.138 e. The zero-order valence-electron chi connectivity index (χ0n) is 15.5. The van der Waals surface area contributed by atoms with Crippen molar-refractivity contribution in [2.45, 2.75) is 25.0 Å². The van der Waals surface area contributed by atoms with Gasteiger partial charge in [0.2, 0.25) is 0 Å². The number of likely N-dealkylation sites (tertiary alicyclic amines) is 1. The zero-order valence-corrected chi connectivity index (χ0v) is 17.1. The summed E-state index contributed by atoms with van der Waals surface area (Å²) in [6, 6.07) is 13.2. The number of halogens is 3. The molecule has 4 nitrogen and oxygen atoms in total. The number of aliphatic hydroxyl groups excluding tert-OH is 2. The number of para-hydroxylation sites is 1. The third-order valence-electron chi connectivity index (χ3n) is 5.03. The molecule has 2 N–H and O–H groups in total. The highest BCUT2D eigenvalue weighted by molar-refractivity contribution is 6.32. The molecule has 0 radical (unpaired) electrons. The van der Waals surface area contributed by atoms with Crippen LogP contribution in [0.4, 0.5) is 4.39 Å². The Bertz CT molecular complexity index is 724. The number of hydrogen-bond acceptors (Lipinski definition) is 4. The first-order valence-corrected chi connectivity index (χ1v) is 9.62. The fourth-order valence-electron chi connectivity index (χ4n) is 3.48. The average Bonchev–Trinajstić information content (AvgIpc) is 2.68. The molecule has 2 atom stereocenters. The van der Waals surface area contributed by atoms with Gasteiger partial charge in [-0.3, -0.25) is 0 Å². The molecule has 0 spiro atoms. The Labute approximate surface area is 176 Å². The maximum atomic E-state index is 13.0. The molecule has 0 aliphatic carbocycles. The van der Waals surface area contributed by atoms with Crippen molar-refractivity contribution >= 4 is 24.0 Å². The van der Waals surface area contributed by atoms with E-state index >= 15 is 0 Å². The minimum Gasteiger partial charge on any atom is -0.489 e. The fraction of sp³-hybridized carbons (Fsp3) is 0.429. The van der Waals surface area contributed by atoms with Gasteiger partial charge in [-0.25, -0.2) is 4.39 Å². The number of benzene rings is 2. The lowest BCUT2D eigenvalue weighted by molar-refractivity contribution is 0.0278. The Hall–Kier alpha value is -1.37. The molecule has 1 saturated heterocycles. The minimum absolute atomic E-state index is 0. The van der Waals surface area contributed by atoms with Crippen LogP contribution in [0.3, 0.4) is 0 Å². The van der Waals surface area contributed by atoms with E-state index in [9.17, 15) is 14.6 Å². The molecule has 154 valence electrons. The van der Waals surface area contributed by atoms with Crippen molar-refractivity contribution in [3.63, 3.8) is 0 Å². The zero-order chi connectivity index (χ0) is 19.2. The van der Waals surface area contributed by atoms with Gasteiger partial charge in [0.15, 0.2) is 0 Å². The third kappa shape index (κ3) is 6.33. The summed E-state index contributed by atoms with van der Waals surface area (Å²) in [6.07, 6.45) is 0.467. The summed E-state index contributed by atoms with van der Waals surface area (Å²) < 4.78 is 18.6. The lowest BCUT2D eigenvalue weighted by atomic mass is 9.87. The molecule has 1 aliphatic rings. The molecule has 0 bridgehead atoms. The quantitative estimate of drug-likeness (QED) is 0.695. The molecule has 0 amide bonds. The first-order valence-electron chi connectivity index (χ1n) is 9.24. The molecule has 7 heteroatoms. The maximum Gasteiger partial charge on any atom is 0.138 e. The van der Waals surface area contributed by atoms with Crippen LogP contribution < -0.4 is 4.74 Å². The highest BCUT2D eigenvalue weighted by atomic mass is 35.5. The Morgan fingerprint density at radius 2 is 1.71 bits per heavy atom. The van der Waals surface area contributed by atoms with Crippen LogP contribution in [0.1, 0.15) is 24.5 Å². The van der Waals surface area contributed by atoms with Crippen molar-refractivity contribution in [2.75, 3.05) is 26.2 Å². The molecule has 0 saturated carbocycles. The van der Waals surface area contributed by atoms with Crippen molar-refractivity contribution in [1.29, 1.82) is 0 Å². The summed E-state index contributed by atoms with van der Waals surface area (Å²) in [7, 11) is 0. The summed E-state index contributed by atoms with van der Waals surface area (Å²) in [5.41, 5.74) is 0.753. The maximum absolute atomic E-state index is 13.0. The molecule has 2 unspecified atom stereocenters. The van der Waals surface area contributed by atoms with Crippen molar-refractivity contribution in [2.24, 2.45) is 5.92 Å². The van der Waals surface area contributed by atoms with Gasteiger partial charge >= 0.3 is 0 Å². The van der Waals surface area contributed by atoms with Crippen LogP contribution in [0.5, 0.6) is 5.75 Å². The Morgan fingerprint density at radius 3 is 2.36 bits per heavy atom. The first kappa shape index (κ1) is 22.9. The Balaban J connectivity index is 0.00000280. The Morgan fingerprint density at radius 1 is 1.07 bits per heavy atom. The summed E-state index contributed by atoms with van der Waals surface area (Å²) in [5, 5.41) is 21.3. The Kier molecular flexibility index (Phi) is 8.99. The number of piperidine rings is 1. The topological polar surface area (TPSA) is 52.9 Å². The lowest BCUT2D eigenvalue weighted by Crippen LogP contribution is -2.41. The highest BCUT2D eigenvalue weighted by Gasteiger charge is 2.27. The number of nitrogens with zero attached hydrogens (tertiary/aromatic N) is 1. The molecule has 1 heterocycles. The molecule has 0 aromatic heterocycles. The van der Waals surface area contributed by atoms with E-state index in [-0.39, 0.29) is 30.7 Å². The van der Waals surface area contributed by atoms with Crippen molar-refractivity contribution in [1.82, 2.24) is 4.90 Å². The SMILES string of the molecule is Cl.OC(COc1ccccc1Cl)CN1CCC(C(O)c2ccc(F)cc2)CC1. The largest absolute Gasteiger partial charge is 0.489 e. The van der Waals surface area contributed by atoms with Crippen LogP contribution in [0.2, 0.25) is 5.02 Å². The van der Waals surface area contributed by atoms with Gasteiger partial charge in [0, 0.05) is 6.54 Å². The van der Waals surface area contributed by atoms with E-state index in [1.54, 1.807) is 24.3 Å². The van der Waals surface area contributed by atoms with E-state index in [1.165, 1.54) is 12.1 Å². The second-order valence-electron chi connectivity index (χ2n) is 7.03. The summed E-state index contributed by atoms with van der Waals surface area (Å²) in [6.45, 7) is 2.30. The second kappa shape index (κ2) is 11.0. The van der Waals surface area contributed by atoms with Crippen molar-refractivity contribution in [3.05, 3.63) is 64.9 Å². The van der Waals surface area contributed by atoms with E-state index in [1.807, 2.05) is 12.1 Å². The number of β-amino-alcohol motifs (C(OH)–C–C–N with tert-alkyl or cyclic N) is 1. The molecule has 3 rings (SSSR count). The predicted molar refractivity (Wildman–Crippen MR) is 111 cm³/mol. The highest BCUT2D eigenvalue weighted by Crippen LogP contribution is 2.31. The molecule has 2 aromatic rings. The van der Waals surface area contributed by atoms with Crippen LogP contribution in [0.15, 0.2) is 48.5 Å². The molecular formula is C21H26Cl2FNO3. The summed E-state index contributed by atoms with van der Waals surface area (Å²) in [5.74, 6) is 0.413. The van der Waals surface area contributed by atoms with E-state index in [0.717, 1.165) is 31.5 Å². The summed E-state index contributed by atoms with van der Waals surface area (Å²) in [4.78, 5) is 2.18. The minimum atomic E-state index is -0.611. The van der Waals surface area contributed by atoms with Gasteiger partial charge in [0.25, 0.3) is 0 Å². The van der Waals surface area contributed by atoms with Crippen LogP contribution in [-0.4, -0.2) is 47.5 Å². The monoisotopic (exact) mass is 429 g/mol. The standard InChI is InChI=1S/C21H25ClFNO3.ClH/c22-19-3-1-2-4-20(19)27-14-18(25)13-24-11-9-16(10-12-24)21(26)15-5-7-17(23)8-6-15;/h1-8,16,18,21,25-26H,9-14H2;1H. The molecule has 1 aliphatic heterocycles. The number of ether oxygens (including phenoxy) is 1. The van der Waals surface area contributed by atoms with Gasteiger partial charge in [0.1, 0.15) is 24.3 Å². The van der Waals surface area contributed by atoms with Gasteiger partial charge in [-0.05, 0) is 61.7 Å². The molecule has 28 heavy (non-hydrogen) atoms. The summed E-state index contributed by atoms with van der Waals surface area (Å²) >= 11 is 6.04. The van der Waals surface area contributed by atoms with E-state index < -0.39 is 12.2 Å². The number of aliphatic hydroxyl groups is 2. The van der Waals surface area contributed by atoms with Gasteiger partial charge in [-0.15, -0.1) is 12.4 Å². The molecular weight excluding hydrogens is 404 g/mol. The molecule has 2 aromatic carbocycles. The third-order valence-corrected chi connectivity index (χ3v) is 5.34. The van der Waals surface area contributed by atoms with Crippen molar-refractivity contribution < 1.29 is 19.3 Å². The predicted octanol–water partition coefficient (Wildman–Crippen LogP) is 4.09. The van der Waals surface area contributed by atoms with E-state index in [2.05, 4.69) is 4.90 Å². The van der Waals surface area contributed by atoms with Gasteiger partial charge in [0.05, 0.1) is 11.1 Å². The molecule has 1 fully saturated rings. The van der Waals surface area contributed by atoms with Crippen LogP contribution in [-0.2, 0) is 0 Å². The van der Waals surface area contributed by atoms with E-state index in [0.29, 0.717) is 17.3 Å². The van der Waals surface area contributed by atoms with Gasteiger partial charge in [-0.1, -0.05) is 35.9 Å². The van der Waals surface area contributed by atoms with Crippen LogP contribution in [0.25, 0.3) is 0 Å². The first-order chi connectivity index (χ1) is 13.0. The second-order valence-corrected chi connectivity index (χ2v) is 7.44. The number of hydrogen-bond donors (Lipinski definition) is 2.